The molecular weight excluding hydrogens is 621 g/mol. The van der Waals surface area contributed by atoms with E-state index in [4.69, 9.17) is 4.74 Å². The molecule has 0 N–H and O–H groups in total. The van der Waals surface area contributed by atoms with Crippen molar-refractivity contribution < 1.29 is 4.74 Å². The number of rotatable bonds is 6. The molecule has 0 amide bonds. The van der Waals surface area contributed by atoms with Crippen molar-refractivity contribution >= 4 is 38.9 Å². The second-order valence-electron chi connectivity index (χ2n) is 13.0. The third kappa shape index (κ3) is 4.98. The Hall–Kier alpha value is -6.84. The highest BCUT2D eigenvalue weighted by Gasteiger charge is 2.24. The monoisotopic (exact) mass is 652 g/mol. The van der Waals surface area contributed by atoms with Crippen LogP contribution in [0.15, 0.2) is 194 Å². The summed E-state index contributed by atoms with van der Waals surface area (Å²) in [6.45, 7) is 0. The molecule has 1 aliphatic rings. The Labute approximate surface area is 296 Å². The van der Waals surface area contributed by atoms with Crippen LogP contribution in [0.5, 0.6) is 11.5 Å². The Bertz CT molecular complexity index is 2590. The van der Waals surface area contributed by atoms with Gasteiger partial charge in [-0.3, -0.25) is 0 Å². The fourth-order valence-corrected chi connectivity index (χ4v) is 7.51. The molecule has 0 unspecified atom stereocenters. The number of benzene rings is 8. The molecule has 1 aliphatic heterocycles. The summed E-state index contributed by atoms with van der Waals surface area (Å²) in [5.41, 5.74) is 13.7. The van der Waals surface area contributed by atoms with Gasteiger partial charge in [0.1, 0.15) is 0 Å². The number of ether oxygens (including phenoxy) is 1. The summed E-state index contributed by atoms with van der Waals surface area (Å²) >= 11 is 0. The normalized spacial score (nSPS) is 11.7. The van der Waals surface area contributed by atoms with Crippen LogP contribution < -0.4 is 9.64 Å². The Morgan fingerprint density at radius 3 is 1.41 bits per heavy atom. The van der Waals surface area contributed by atoms with E-state index in [9.17, 15) is 0 Å². The first-order chi connectivity index (χ1) is 25.3. The van der Waals surface area contributed by atoms with Gasteiger partial charge in [0.2, 0.25) is 0 Å². The maximum atomic E-state index is 6.46. The summed E-state index contributed by atoms with van der Waals surface area (Å²) in [5.74, 6) is 1.75. The van der Waals surface area contributed by atoms with E-state index in [0.717, 1.165) is 50.9 Å². The molecular formula is C48H32N2O. The largest absolute Gasteiger partial charge is 0.453 e. The zero-order valence-electron chi connectivity index (χ0n) is 27.8. The molecule has 0 saturated carbocycles. The van der Waals surface area contributed by atoms with Gasteiger partial charge in [0.15, 0.2) is 11.5 Å². The van der Waals surface area contributed by atoms with Crippen LogP contribution in [0.2, 0.25) is 0 Å². The molecule has 8 aromatic carbocycles. The second kappa shape index (κ2) is 11.9. The number of anilines is 3. The highest BCUT2D eigenvalue weighted by molar-refractivity contribution is 6.12. The van der Waals surface area contributed by atoms with Crippen LogP contribution in [-0.2, 0) is 0 Å². The van der Waals surface area contributed by atoms with Crippen LogP contribution in [0.4, 0.5) is 17.1 Å². The van der Waals surface area contributed by atoms with E-state index in [2.05, 4.69) is 204 Å². The number of aromatic nitrogens is 1. The Morgan fingerprint density at radius 2 is 0.824 bits per heavy atom. The van der Waals surface area contributed by atoms with E-state index >= 15 is 0 Å². The van der Waals surface area contributed by atoms with Gasteiger partial charge in [-0.05, 0) is 94.0 Å². The molecule has 3 nitrogen and oxygen atoms in total. The van der Waals surface area contributed by atoms with Crippen LogP contribution in [0.3, 0.4) is 0 Å². The van der Waals surface area contributed by atoms with E-state index in [1.165, 1.54) is 38.5 Å². The standard InChI is InChI=1S/C48H32N2O/c1-3-10-33(11-4-1)35-18-25-39(26-19-35)49(40-27-20-36(21-28-40)34-12-5-2-6-13-34)41-29-22-37(23-30-41)38-24-31-46-45(32-38)50-44-16-8-7-14-42(44)43-15-9-17-47(51-46)48(43)50/h1-32H. The van der Waals surface area contributed by atoms with E-state index in [1.54, 1.807) is 0 Å². The van der Waals surface area contributed by atoms with E-state index in [-0.39, 0.29) is 0 Å². The maximum absolute atomic E-state index is 6.46. The first-order valence-electron chi connectivity index (χ1n) is 17.3. The van der Waals surface area contributed by atoms with Crippen molar-refractivity contribution in [3.05, 3.63) is 194 Å². The summed E-state index contributed by atoms with van der Waals surface area (Å²) in [6, 6.07) is 69.1. The molecule has 10 rings (SSSR count). The van der Waals surface area contributed by atoms with Crippen molar-refractivity contribution in [2.75, 3.05) is 4.90 Å². The summed E-state index contributed by atoms with van der Waals surface area (Å²) in [4.78, 5) is 2.33. The van der Waals surface area contributed by atoms with Gasteiger partial charge in [0, 0.05) is 27.8 Å². The zero-order valence-corrected chi connectivity index (χ0v) is 27.8. The van der Waals surface area contributed by atoms with Crippen molar-refractivity contribution in [1.29, 1.82) is 0 Å². The predicted molar refractivity (Wildman–Crippen MR) is 212 cm³/mol. The number of hydrogen-bond donors (Lipinski definition) is 0. The fraction of sp³-hybridized carbons (Fsp3) is 0. The van der Waals surface area contributed by atoms with Crippen molar-refractivity contribution in [3.8, 4) is 50.6 Å². The second-order valence-corrected chi connectivity index (χ2v) is 13.0. The molecule has 0 fully saturated rings. The van der Waals surface area contributed by atoms with Gasteiger partial charge in [0.05, 0.1) is 16.7 Å². The lowest BCUT2D eigenvalue weighted by atomic mass is 10.0. The summed E-state index contributed by atoms with van der Waals surface area (Å²) in [7, 11) is 0. The Morgan fingerprint density at radius 1 is 0.353 bits per heavy atom. The molecule has 9 aromatic rings. The lowest BCUT2D eigenvalue weighted by molar-refractivity contribution is 0.476. The number of fused-ring (bicyclic) bond motifs is 5. The molecule has 240 valence electrons. The van der Waals surface area contributed by atoms with Crippen molar-refractivity contribution in [3.63, 3.8) is 0 Å². The molecule has 2 heterocycles. The minimum absolute atomic E-state index is 0.862. The van der Waals surface area contributed by atoms with Gasteiger partial charge in [-0.2, -0.15) is 0 Å². The summed E-state index contributed by atoms with van der Waals surface area (Å²) in [5, 5.41) is 2.44. The molecule has 0 spiro atoms. The molecule has 0 bridgehead atoms. The Kier molecular flexibility index (Phi) is 6.81. The smallest absolute Gasteiger partial charge is 0.152 e. The molecule has 0 aliphatic carbocycles. The van der Waals surface area contributed by atoms with Gasteiger partial charge in [-0.15, -0.1) is 0 Å². The molecule has 3 heteroatoms. The highest BCUT2D eigenvalue weighted by Crippen LogP contribution is 2.46. The van der Waals surface area contributed by atoms with Crippen LogP contribution in [0, 0.1) is 0 Å². The van der Waals surface area contributed by atoms with E-state index in [1.807, 2.05) is 0 Å². The van der Waals surface area contributed by atoms with Crippen LogP contribution in [-0.4, -0.2) is 4.57 Å². The third-order valence-corrected chi connectivity index (χ3v) is 10.0. The van der Waals surface area contributed by atoms with Gasteiger partial charge in [0.25, 0.3) is 0 Å². The summed E-state index contributed by atoms with van der Waals surface area (Å²) in [6.07, 6.45) is 0. The first-order valence-corrected chi connectivity index (χ1v) is 17.3. The van der Waals surface area contributed by atoms with Gasteiger partial charge >= 0.3 is 0 Å². The molecule has 0 radical (unpaired) electrons. The Balaban J connectivity index is 1.04. The first kappa shape index (κ1) is 29.1. The quantitative estimate of drug-likeness (QED) is 0.178. The SMILES string of the molecule is c1ccc(-c2ccc(N(c3ccc(-c4ccccc4)cc3)c3ccc(-c4ccc5c(c4)-n4c6ccccc6c6cccc(c64)O5)cc3)cc2)cc1. The average molecular weight is 653 g/mol. The lowest BCUT2D eigenvalue weighted by Gasteiger charge is -2.26. The number of nitrogens with zero attached hydrogens (tertiary/aromatic N) is 2. The predicted octanol–water partition coefficient (Wildman–Crippen LogP) is 13.4. The van der Waals surface area contributed by atoms with E-state index < -0.39 is 0 Å². The highest BCUT2D eigenvalue weighted by atomic mass is 16.5. The van der Waals surface area contributed by atoms with Gasteiger partial charge < -0.3 is 14.2 Å². The molecule has 51 heavy (non-hydrogen) atoms. The number of hydrogen-bond acceptors (Lipinski definition) is 2. The van der Waals surface area contributed by atoms with E-state index in [0.29, 0.717) is 0 Å². The van der Waals surface area contributed by atoms with Crippen LogP contribution in [0.1, 0.15) is 0 Å². The zero-order chi connectivity index (χ0) is 33.7. The minimum atomic E-state index is 0.862. The van der Waals surface area contributed by atoms with Crippen LogP contribution >= 0.6 is 0 Å². The van der Waals surface area contributed by atoms with Crippen LogP contribution in [0.25, 0.3) is 60.9 Å². The minimum Gasteiger partial charge on any atom is -0.453 e. The fourth-order valence-electron chi connectivity index (χ4n) is 7.51. The molecule has 0 saturated heterocycles. The topological polar surface area (TPSA) is 17.4 Å². The van der Waals surface area contributed by atoms with Gasteiger partial charge in [-0.1, -0.05) is 133 Å². The summed E-state index contributed by atoms with van der Waals surface area (Å²) < 4.78 is 8.82. The lowest BCUT2D eigenvalue weighted by Crippen LogP contribution is -2.09. The third-order valence-electron chi connectivity index (χ3n) is 10.0. The van der Waals surface area contributed by atoms with Crippen molar-refractivity contribution in [2.24, 2.45) is 0 Å². The van der Waals surface area contributed by atoms with Crippen molar-refractivity contribution in [1.82, 2.24) is 4.57 Å². The van der Waals surface area contributed by atoms with Crippen molar-refractivity contribution in [2.45, 2.75) is 0 Å². The average Bonchev–Trinajstić information content (AvgIpc) is 3.55. The van der Waals surface area contributed by atoms with Gasteiger partial charge in [-0.25, -0.2) is 0 Å². The molecule has 1 aromatic heterocycles. The maximum Gasteiger partial charge on any atom is 0.152 e. The number of para-hydroxylation sites is 2. The molecule has 0 atom stereocenters.